The number of carbonyl (C=O) groups is 3. The van der Waals surface area contributed by atoms with E-state index in [4.69, 9.17) is 10.5 Å². The summed E-state index contributed by atoms with van der Waals surface area (Å²) < 4.78 is 6.61. The van der Waals surface area contributed by atoms with E-state index in [0.717, 1.165) is 15.4 Å². The van der Waals surface area contributed by atoms with Crippen molar-refractivity contribution in [1.82, 2.24) is 9.55 Å². The molecule has 5 rings (SSSR count). The summed E-state index contributed by atoms with van der Waals surface area (Å²) in [7, 11) is 0. The van der Waals surface area contributed by atoms with Gasteiger partial charge in [0.15, 0.2) is 17.2 Å². The first-order chi connectivity index (χ1) is 18.3. The first kappa shape index (κ1) is 25.3. The van der Waals surface area contributed by atoms with Crippen LogP contribution in [0.3, 0.4) is 0 Å². The maximum atomic E-state index is 13.3. The summed E-state index contributed by atoms with van der Waals surface area (Å²) in [6.45, 7) is 1.07. The quantitative estimate of drug-likeness (QED) is 0.435. The molecule has 0 bridgehead atoms. The molecule has 1 saturated heterocycles. The van der Waals surface area contributed by atoms with Crippen molar-refractivity contribution in [1.29, 1.82) is 0 Å². The minimum Gasteiger partial charge on any atom is -0.453 e. The number of hydrogen-bond acceptors (Lipinski definition) is 8. The van der Waals surface area contributed by atoms with E-state index in [-0.39, 0.29) is 43.3 Å². The number of nitrogens with one attached hydrogen (secondary N) is 1. The van der Waals surface area contributed by atoms with E-state index in [1.807, 2.05) is 18.2 Å². The Bertz CT molecular complexity index is 1550. The van der Waals surface area contributed by atoms with Crippen LogP contribution in [0.5, 0.6) is 0 Å². The fourth-order valence-electron chi connectivity index (χ4n) is 4.81. The second kappa shape index (κ2) is 9.86. The number of rotatable bonds is 7. The van der Waals surface area contributed by atoms with Gasteiger partial charge in [-0.1, -0.05) is 54.2 Å². The van der Waals surface area contributed by atoms with Crippen LogP contribution >= 0.6 is 11.8 Å². The summed E-state index contributed by atoms with van der Waals surface area (Å²) in [5, 5.41) is 0. The van der Waals surface area contributed by atoms with Gasteiger partial charge in [-0.15, -0.1) is 0 Å². The number of thioether (sulfide) groups is 1. The Morgan fingerprint density at radius 1 is 1.11 bits per heavy atom. The molecule has 11 nitrogen and oxygen atoms in total. The van der Waals surface area contributed by atoms with Crippen LogP contribution in [0.4, 0.5) is 17.2 Å². The van der Waals surface area contributed by atoms with Crippen LogP contribution in [0.25, 0.3) is 0 Å². The molecule has 2 aliphatic rings. The van der Waals surface area contributed by atoms with Crippen LogP contribution in [-0.2, 0) is 25.7 Å². The third kappa shape index (κ3) is 4.16. The molecule has 1 aromatic heterocycles. The molecule has 3 aromatic rings. The van der Waals surface area contributed by atoms with Crippen LogP contribution in [0.1, 0.15) is 25.3 Å². The topological polar surface area (TPSA) is 148 Å². The highest BCUT2D eigenvalue weighted by atomic mass is 32.2. The zero-order valence-electron chi connectivity index (χ0n) is 20.5. The number of aromatic amines is 1. The molecule has 1 fully saturated rings. The zero-order valence-corrected chi connectivity index (χ0v) is 21.3. The Kier molecular flexibility index (Phi) is 6.57. The summed E-state index contributed by atoms with van der Waals surface area (Å²) >= 11 is 1.23. The van der Waals surface area contributed by atoms with Gasteiger partial charge in [-0.25, -0.2) is 9.59 Å². The Balaban J connectivity index is 1.37. The molecule has 1 atom stereocenters. The van der Waals surface area contributed by atoms with Crippen molar-refractivity contribution in [2.45, 2.75) is 36.1 Å². The number of hydrogen-bond donors (Lipinski definition) is 2. The predicted octanol–water partition coefficient (Wildman–Crippen LogP) is 1.69. The lowest BCUT2D eigenvalue weighted by atomic mass is 10.2. The molecule has 12 heteroatoms. The number of nitrogens with zero attached hydrogens (tertiary/aromatic N) is 3. The molecular formula is C26H25N5O6S. The first-order valence-electron chi connectivity index (χ1n) is 12.0. The second-order valence-corrected chi connectivity index (χ2v) is 10.2. The van der Waals surface area contributed by atoms with Gasteiger partial charge in [0, 0.05) is 24.3 Å². The lowest BCUT2D eigenvalue weighted by Gasteiger charge is -2.29. The van der Waals surface area contributed by atoms with Crippen molar-refractivity contribution in [3.05, 3.63) is 81.0 Å². The molecule has 0 spiro atoms. The summed E-state index contributed by atoms with van der Waals surface area (Å²) in [5.41, 5.74) is 5.89. The number of esters is 1. The van der Waals surface area contributed by atoms with Gasteiger partial charge in [0.2, 0.25) is 5.91 Å². The first-order valence-corrected chi connectivity index (χ1v) is 12.8. The third-order valence-corrected chi connectivity index (χ3v) is 8.06. The van der Waals surface area contributed by atoms with Gasteiger partial charge < -0.3 is 15.4 Å². The summed E-state index contributed by atoms with van der Waals surface area (Å²) in [6, 6.07) is 16.2. The van der Waals surface area contributed by atoms with Crippen LogP contribution in [0.15, 0.2) is 69.1 Å². The standard InChI is InChI=1S/C26H25N5O6S/c1-2-29(21-22(27)30(25(36)28-23(21)34)14-16-8-4-3-5-9-16)20(33)15-37-24(35)26-13-12-19(32)31(26)17-10-6-7-11-18(17)38-26/h3-11H,2,12-15,27H2,1H3,(H,28,34,36). The summed E-state index contributed by atoms with van der Waals surface area (Å²) in [5.74, 6) is -1.79. The number of nitrogens with two attached hydrogens (primary N) is 1. The highest BCUT2D eigenvalue weighted by Crippen LogP contribution is 2.56. The largest absolute Gasteiger partial charge is 0.453 e. The molecule has 0 aliphatic carbocycles. The molecule has 0 radical (unpaired) electrons. The number of nitrogen functional groups attached to an aromatic ring is 1. The van der Waals surface area contributed by atoms with E-state index in [0.29, 0.717) is 5.69 Å². The highest BCUT2D eigenvalue weighted by molar-refractivity contribution is 8.02. The van der Waals surface area contributed by atoms with Gasteiger partial charge in [0.05, 0.1) is 12.2 Å². The normalized spacial score (nSPS) is 17.7. The van der Waals surface area contributed by atoms with Crippen LogP contribution < -0.4 is 26.8 Å². The number of likely N-dealkylation sites (N-methyl/N-ethyl adjacent to an activating group) is 1. The predicted molar refractivity (Wildman–Crippen MR) is 142 cm³/mol. The lowest BCUT2D eigenvalue weighted by molar-refractivity contribution is -0.150. The molecule has 0 saturated carbocycles. The number of carbonyl (C=O) groups excluding carboxylic acids is 3. The molecule has 38 heavy (non-hydrogen) atoms. The third-order valence-electron chi connectivity index (χ3n) is 6.60. The molecular weight excluding hydrogens is 510 g/mol. The average molecular weight is 536 g/mol. The van der Waals surface area contributed by atoms with Gasteiger partial charge in [0.1, 0.15) is 5.82 Å². The minimum absolute atomic E-state index is 0.0309. The zero-order chi connectivity index (χ0) is 27.0. The SMILES string of the molecule is CCN(C(=O)COC(=O)C12CCC(=O)N1c1ccccc1S2)c1c(N)n(Cc2ccccc2)c(=O)[nH]c1=O. The average Bonchev–Trinajstić information content (AvgIpc) is 3.43. The van der Waals surface area contributed by atoms with Gasteiger partial charge in [0.25, 0.3) is 11.5 Å². The fraction of sp³-hybridized carbons (Fsp3) is 0.269. The number of H-pyrrole nitrogens is 1. The Hall–Kier alpha value is -4.32. The number of para-hydroxylation sites is 1. The second-order valence-electron chi connectivity index (χ2n) is 8.86. The van der Waals surface area contributed by atoms with E-state index < -0.39 is 34.6 Å². The molecule has 196 valence electrons. The molecule has 2 aliphatic heterocycles. The number of amides is 2. The van der Waals surface area contributed by atoms with Crippen molar-refractivity contribution >= 4 is 46.7 Å². The minimum atomic E-state index is -1.28. The summed E-state index contributed by atoms with van der Waals surface area (Å²) in [6.07, 6.45) is 0.424. The number of ether oxygens (including phenoxy) is 1. The smallest absolute Gasteiger partial charge is 0.344 e. The van der Waals surface area contributed by atoms with E-state index in [1.165, 1.54) is 21.2 Å². The van der Waals surface area contributed by atoms with Gasteiger partial charge in [-0.05, 0) is 24.6 Å². The number of anilines is 3. The Morgan fingerprint density at radius 2 is 1.82 bits per heavy atom. The Labute approximate surface area is 221 Å². The molecule has 3 N–H and O–H groups in total. The van der Waals surface area contributed by atoms with Crippen molar-refractivity contribution in [2.75, 3.05) is 28.7 Å². The molecule has 2 amide bonds. The van der Waals surface area contributed by atoms with Gasteiger partial charge in [-0.3, -0.25) is 28.8 Å². The highest BCUT2D eigenvalue weighted by Gasteiger charge is 2.58. The van der Waals surface area contributed by atoms with E-state index in [2.05, 4.69) is 4.98 Å². The van der Waals surface area contributed by atoms with Crippen LogP contribution in [0.2, 0.25) is 0 Å². The van der Waals surface area contributed by atoms with Crippen molar-refractivity contribution in [3.8, 4) is 0 Å². The fourth-order valence-corrected chi connectivity index (χ4v) is 6.22. The molecule has 1 unspecified atom stereocenters. The van der Waals surface area contributed by atoms with Crippen molar-refractivity contribution in [2.24, 2.45) is 0 Å². The van der Waals surface area contributed by atoms with Gasteiger partial charge >= 0.3 is 11.7 Å². The van der Waals surface area contributed by atoms with Crippen LogP contribution in [0, 0.1) is 0 Å². The van der Waals surface area contributed by atoms with Crippen LogP contribution in [-0.4, -0.2) is 45.4 Å². The van der Waals surface area contributed by atoms with Crippen molar-refractivity contribution < 1.29 is 19.1 Å². The molecule has 2 aromatic carbocycles. The number of aromatic nitrogens is 2. The maximum Gasteiger partial charge on any atom is 0.344 e. The monoisotopic (exact) mass is 535 g/mol. The number of benzene rings is 2. The Morgan fingerprint density at radius 3 is 2.55 bits per heavy atom. The van der Waals surface area contributed by atoms with E-state index in [1.54, 1.807) is 43.3 Å². The van der Waals surface area contributed by atoms with Crippen molar-refractivity contribution in [3.63, 3.8) is 0 Å². The van der Waals surface area contributed by atoms with E-state index in [9.17, 15) is 24.0 Å². The summed E-state index contributed by atoms with van der Waals surface area (Å²) in [4.78, 5) is 68.6. The maximum absolute atomic E-state index is 13.3. The lowest BCUT2D eigenvalue weighted by Crippen LogP contribution is -2.49. The number of fused-ring (bicyclic) bond motifs is 3. The van der Waals surface area contributed by atoms with E-state index >= 15 is 0 Å². The molecule has 3 heterocycles. The van der Waals surface area contributed by atoms with Gasteiger partial charge in [-0.2, -0.15) is 0 Å².